The zero-order chi connectivity index (χ0) is 15.2. The lowest BCUT2D eigenvalue weighted by Gasteiger charge is -2.32. The number of carbonyl (C=O) groups excluding carboxylic acids is 1. The number of nitrogens with zero attached hydrogens (tertiary/aromatic N) is 2. The van der Waals surface area contributed by atoms with Gasteiger partial charge in [-0.2, -0.15) is 0 Å². The first-order chi connectivity index (χ1) is 10.1. The summed E-state index contributed by atoms with van der Waals surface area (Å²) in [5, 5.41) is 0. The van der Waals surface area contributed by atoms with E-state index in [0.717, 1.165) is 50.3 Å². The molecule has 1 amide bonds. The maximum absolute atomic E-state index is 12.5. The summed E-state index contributed by atoms with van der Waals surface area (Å²) >= 11 is 0. The van der Waals surface area contributed by atoms with Gasteiger partial charge in [0, 0.05) is 25.4 Å². The van der Waals surface area contributed by atoms with Crippen LogP contribution in [0.4, 0.5) is 0 Å². The average Bonchev–Trinajstić information content (AvgIpc) is 2.48. The van der Waals surface area contributed by atoms with E-state index in [1.807, 2.05) is 30.9 Å². The van der Waals surface area contributed by atoms with Crippen molar-refractivity contribution < 1.29 is 9.53 Å². The van der Waals surface area contributed by atoms with Crippen LogP contribution in [0.1, 0.15) is 41.0 Å². The van der Waals surface area contributed by atoms with Gasteiger partial charge in [0.1, 0.15) is 0 Å². The Morgan fingerprint density at radius 2 is 1.96 bits per heavy atom. The molecule has 0 bridgehead atoms. The molecule has 1 aliphatic rings. The Kier molecular flexibility index (Phi) is 10.4. The third-order valence-electron chi connectivity index (χ3n) is 3.89. The fraction of sp³-hybridized carbons (Fsp3) is 0.625. The summed E-state index contributed by atoms with van der Waals surface area (Å²) in [5.74, 6) is 0.0837. The predicted molar refractivity (Wildman–Crippen MR) is 96.8 cm³/mol. The van der Waals surface area contributed by atoms with Gasteiger partial charge in [0.25, 0.3) is 5.91 Å². The van der Waals surface area contributed by atoms with Gasteiger partial charge in [0.2, 0.25) is 0 Å². The van der Waals surface area contributed by atoms with Gasteiger partial charge < -0.3 is 15.4 Å². The molecule has 0 spiro atoms. The minimum absolute atomic E-state index is 0. The van der Waals surface area contributed by atoms with Crippen LogP contribution in [0.3, 0.4) is 0 Å². The predicted octanol–water partition coefficient (Wildman–Crippen LogP) is 2.51. The molecule has 132 valence electrons. The number of aromatic nitrogens is 1. The highest BCUT2D eigenvalue weighted by Gasteiger charge is 2.25. The molecule has 2 N–H and O–H groups in total. The van der Waals surface area contributed by atoms with E-state index in [1.165, 1.54) is 0 Å². The van der Waals surface area contributed by atoms with Crippen LogP contribution >= 0.6 is 24.8 Å². The van der Waals surface area contributed by atoms with Crippen molar-refractivity contribution in [1.29, 1.82) is 0 Å². The van der Waals surface area contributed by atoms with Crippen LogP contribution in [0.5, 0.6) is 0 Å². The summed E-state index contributed by atoms with van der Waals surface area (Å²) in [6, 6.07) is 3.77. The maximum atomic E-state index is 12.5. The Labute approximate surface area is 150 Å². The first-order valence-electron chi connectivity index (χ1n) is 7.67. The Morgan fingerprint density at radius 1 is 1.30 bits per heavy atom. The van der Waals surface area contributed by atoms with Crippen LogP contribution < -0.4 is 5.73 Å². The van der Waals surface area contributed by atoms with Gasteiger partial charge in [-0.1, -0.05) is 0 Å². The van der Waals surface area contributed by atoms with E-state index in [4.69, 9.17) is 10.5 Å². The van der Waals surface area contributed by atoms with Crippen molar-refractivity contribution in [3.05, 3.63) is 29.1 Å². The smallest absolute Gasteiger partial charge is 0.255 e. The quantitative estimate of drug-likeness (QED) is 0.816. The summed E-state index contributed by atoms with van der Waals surface area (Å²) in [5.41, 5.74) is 7.92. The number of amides is 1. The third kappa shape index (κ3) is 6.26. The number of pyridine rings is 1. The summed E-state index contributed by atoms with van der Waals surface area (Å²) < 4.78 is 5.77. The Bertz CT molecular complexity index is 492. The molecule has 0 aliphatic carbocycles. The standard InChI is InChI=1S/C16H25N3O2.2ClH/c1-12-4-5-15(13(2)18-12)16(20)19-9-6-14(7-10-19)21-11-3-8-17;;/h4-5,14H,3,6-11,17H2,1-2H3;2*1H. The molecule has 5 nitrogen and oxygen atoms in total. The number of hydrogen-bond acceptors (Lipinski definition) is 4. The molecular weight excluding hydrogens is 337 g/mol. The molecule has 2 heterocycles. The highest BCUT2D eigenvalue weighted by molar-refractivity contribution is 5.95. The van der Waals surface area contributed by atoms with Crippen molar-refractivity contribution in [2.75, 3.05) is 26.2 Å². The second-order valence-corrected chi connectivity index (χ2v) is 5.59. The number of aryl methyl sites for hydroxylation is 2. The number of ether oxygens (including phenoxy) is 1. The van der Waals surface area contributed by atoms with Gasteiger partial charge in [-0.3, -0.25) is 9.78 Å². The van der Waals surface area contributed by atoms with Crippen LogP contribution in [0, 0.1) is 13.8 Å². The molecule has 2 rings (SSSR count). The highest BCUT2D eigenvalue weighted by atomic mass is 35.5. The number of rotatable bonds is 5. The second-order valence-electron chi connectivity index (χ2n) is 5.59. The first kappa shape index (κ1) is 22.1. The average molecular weight is 364 g/mol. The molecule has 0 unspecified atom stereocenters. The van der Waals surface area contributed by atoms with Crippen molar-refractivity contribution in [1.82, 2.24) is 9.88 Å². The molecule has 1 aromatic heterocycles. The lowest BCUT2D eigenvalue weighted by molar-refractivity contribution is 0.00842. The summed E-state index contributed by atoms with van der Waals surface area (Å²) in [6.07, 6.45) is 2.95. The van der Waals surface area contributed by atoms with Crippen molar-refractivity contribution >= 4 is 30.7 Å². The number of carbonyl (C=O) groups is 1. The minimum atomic E-state index is 0. The molecule has 0 radical (unpaired) electrons. The second kappa shape index (κ2) is 10.8. The fourth-order valence-electron chi connectivity index (χ4n) is 2.64. The summed E-state index contributed by atoms with van der Waals surface area (Å²) in [6.45, 7) is 6.71. The Morgan fingerprint density at radius 3 is 2.52 bits per heavy atom. The van der Waals surface area contributed by atoms with Crippen LogP contribution in [0.25, 0.3) is 0 Å². The minimum Gasteiger partial charge on any atom is -0.378 e. The van der Waals surface area contributed by atoms with E-state index in [9.17, 15) is 4.79 Å². The lowest BCUT2D eigenvalue weighted by atomic mass is 10.1. The molecule has 1 aromatic rings. The normalized spacial score (nSPS) is 14.8. The number of nitrogens with two attached hydrogens (primary N) is 1. The molecular formula is C16H27Cl2N3O2. The van der Waals surface area contributed by atoms with Crippen molar-refractivity contribution in [3.63, 3.8) is 0 Å². The van der Waals surface area contributed by atoms with E-state index in [1.54, 1.807) is 0 Å². The zero-order valence-electron chi connectivity index (χ0n) is 13.8. The molecule has 0 atom stereocenters. The third-order valence-corrected chi connectivity index (χ3v) is 3.89. The molecule has 7 heteroatoms. The molecule has 1 saturated heterocycles. The zero-order valence-corrected chi connectivity index (χ0v) is 15.4. The van der Waals surface area contributed by atoms with Crippen LogP contribution in [-0.4, -0.2) is 48.1 Å². The van der Waals surface area contributed by atoms with Gasteiger partial charge >= 0.3 is 0 Å². The SMILES string of the molecule is Cc1ccc(C(=O)N2CCC(OCCCN)CC2)c(C)n1.Cl.Cl. The molecule has 1 aliphatic heterocycles. The summed E-state index contributed by atoms with van der Waals surface area (Å²) in [7, 11) is 0. The Hall–Kier alpha value is -0.880. The first-order valence-corrected chi connectivity index (χ1v) is 7.67. The van der Waals surface area contributed by atoms with Gasteiger partial charge in [-0.25, -0.2) is 0 Å². The van der Waals surface area contributed by atoms with E-state index in [-0.39, 0.29) is 36.8 Å². The van der Waals surface area contributed by atoms with Gasteiger partial charge in [0.15, 0.2) is 0 Å². The topological polar surface area (TPSA) is 68.5 Å². The molecule has 0 aromatic carbocycles. The Balaban J connectivity index is 0.00000242. The molecule has 23 heavy (non-hydrogen) atoms. The summed E-state index contributed by atoms with van der Waals surface area (Å²) in [4.78, 5) is 18.8. The van der Waals surface area contributed by atoms with Gasteiger partial charge in [0.05, 0.1) is 17.4 Å². The number of piperidine rings is 1. The van der Waals surface area contributed by atoms with Crippen molar-refractivity contribution in [2.45, 2.75) is 39.2 Å². The monoisotopic (exact) mass is 363 g/mol. The van der Waals surface area contributed by atoms with E-state index < -0.39 is 0 Å². The van der Waals surface area contributed by atoms with Crippen molar-refractivity contribution in [2.24, 2.45) is 5.73 Å². The highest BCUT2D eigenvalue weighted by Crippen LogP contribution is 2.18. The van der Waals surface area contributed by atoms with Crippen LogP contribution in [0.15, 0.2) is 12.1 Å². The number of halogens is 2. The fourth-order valence-corrected chi connectivity index (χ4v) is 2.64. The van der Waals surface area contributed by atoms with E-state index in [0.29, 0.717) is 12.1 Å². The van der Waals surface area contributed by atoms with Gasteiger partial charge in [-0.15, -0.1) is 24.8 Å². The van der Waals surface area contributed by atoms with Crippen LogP contribution in [-0.2, 0) is 4.74 Å². The number of hydrogen-bond donors (Lipinski definition) is 1. The molecule has 1 fully saturated rings. The largest absolute Gasteiger partial charge is 0.378 e. The van der Waals surface area contributed by atoms with E-state index in [2.05, 4.69) is 4.98 Å². The maximum Gasteiger partial charge on any atom is 0.255 e. The molecule has 0 saturated carbocycles. The lowest BCUT2D eigenvalue weighted by Crippen LogP contribution is -2.41. The van der Waals surface area contributed by atoms with Crippen LogP contribution in [0.2, 0.25) is 0 Å². The van der Waals surface area contributed by atoms with Crippen molar-refractivity contribution in [3.8, 4) is 0 Å². The van der Waals surface area contributed by atoms with Gasteiger partial charge in [-0.05, 0) is 51.8 Å². The number of likely N-dealkylation sites (tertiary alicyclic amines) is 1. The van der Waals surface area contributed by atoms with E-state index >= 15 is 0 Å².